The first-order valence-electron chi connectivity index (χ1n) is 6.82. The van der Waals surface area contributed by atoms with Gasteiger partial charge in [-0.05, 0) is 42.7 Å². The predicted octanol–water partition coefficient (Wildman–Crippen LogP) is 3.62. The molecule has 0 radical (unpaired) electrons. The van der Waals surface area contributed by atoms with Crippen LogP contribution in [0, 0.1) is 0 Å². The van der Waals surface area contributed by atoms with E-state index in [0.717, 1.165) is 17.7 Å². The molecule has 1 aliphatic rings. The van der Waals surface area contributed by atoms with Crippen LogP contribution in [0.2, 0.25) is 5.02 Å². The van der Waals surface area contributed by atoms with Crippen LogP contribution < -0.4 is 4.31 Å². The Labute approximate surface area is 130 Å². The van der Waals surface area contributed by atoms with E-state index >= 15 is 0 Å². The number of nitrogens with zero attached hydrogens (tertiary/aromatic N) is 1. The Morgan fingerprint density at radius 3 is 2.71 bits per heavy atom. The summed E-state index contributed by atoms with van der Waals surface area (Å²) >= 11 is 5.93. The van der Waals surface area contributed by atoms with Crippen molar-refractivity contribution in [2.45, 2.75) is 25.1 Å². The van der Waals surface area contributed by atoms with Gasteiger partial charge in [-0.25, -0.2) is 8.42 Å². The van der Waals surface area contributed by atoms with Gasteiger partial charge in [-0.1, -0.05) is 41.9 Å². The zero-order chi connectivity index (χ0) is 15.0. The second kappa shape index (κ2) is 5.35. The van der Waals surface area contributed by atoms with E-state index in [-0.39, 0.29) is 11.8 Å². The molecule has 0 aromatic heterocycles. The molecule has 0 amide bonds. The van der Waals surface area contributed by atoms with E-state index in [1.807, 2.05) is 31.2 Å². The lowest BCUT2D eigenvalue weighted by molar-refractivity contribution is 0.583. The Morgan fingerprint density at radius 2 is 1.95 bits per heavy atom. The van der Waals surface area contributed by atoms with Crippen molar-refractivity contribution in [1.82, 2.24) is 0 Å². The number of sulfonamides is 1. The quantitative estimate of drug-likeness (QED) is 0.866. The minimum atomic E-state index is -3.42. The van der Waals surface area contributed by atoms with E-state index in [1.54, 1.807) is 28.6 Å². The molecule has 0 N–H and O–H groups in total. The maximum atomic E-state index is 12.8. The Hall–Kier alpha value is -1.52. The first-order valence-corrected chi connectivity index (χ1v) is 8.80. The van der Waals surface area contributed by atoms with Gasteiger partial charge in [-0.3, -0.25) is 4.31 Å². The second-order valence-corrected chi connectivity index (χ2v) is 7.65. The summed E-state index contributed by atoms with van der Waals surface area (Å²) in [6.07, 6.45) is 0.755. The lowest BCUT2D eigenvalue weighted by Gasteiger charge is -2.24. The molecule has 5 heteroatoms. The van der Waals surface area contributed by atoms with E-state index in [4.69, 9.17) is 11.6 Å². The van der Waals surface area contributed by atoms with Crippen LogP contribution in [0.1, 0.15) is 18.1 Å². The first-order chi connectivity index (χ1) is 9.97. The summed E-state index contributed by atoms with van der Waals surface area (Å²) in [6, 6.07) is 14.6. The van der Waals surface area contributed by atoms with Crippen LogP contribution in [-0.4, -0.2) is 14.5 Å². The van der Waals surface area contributed by atoms with E-state index in [0.29, 0.717) is 10.6 Å². The number of hydrogen-bond acceptors (Lipinski definition) is 2. The van der Waals surface area contributed by atoms with E-state index in [1.165, 1.54) is 0 Å². The molecular weight excluding hydrogens is 306 g/mol. The number of benzene rings is 2. The zero-order valence-corrected chi connectivity index (χ0v) is 13.2. The summed E-state index contributed by atoms with van der Waals surface area (Å²) in [5, 5.41) is 0.553. The topological polar surface area (TPSA) is 37.4 Å². The Morgan fingerprint density at radius 1 is 1.19 bits per heavy atom. The van der Waals surface area contributed by atoms with Crippen LogP contribution in [0.5, 0.6) is 0 Å². The molecule has 0 fully saturated rings. The van der Waals surface area contributed by atoms with Gasteiger partial charge in [0.1, 0.15) is 0 Å². The molecule has 110 valence electrons. The Bertz CT molecular complexity index is 773. The third-order valence-corrected chi connectivity index (χ3v) is 5.77. The van der Waals surface area contributed by atoms with Gasteiger partial charge in [0.15, 0.2) is 0 Å². The molecular formula is C16H16ClNO2S. The van der Waals surface area contributed by atoms with Crippen LogP contribution in [0.4, 0.5) is 5.69 Å². The summed E-state index contributed by atoms with van der Waals surface area (Å²) in [5.74, 6) is -0.0355. The molecule has 2 aromatic rings. The van der Waals surface area contributed by atoms with E-state index in [2.05, 4.69) is 0 Å². The van der Waals surface area contributed by atoms with Gasteiger partial charge >= 0.3 is 0 Å². The summed E-state index contributed by atoms with van der Waals surface area (Å²) in [4.78, 5) is 0. The largest absolute Gasteiger partial charge is 0.267 e. The third-order valence-electron chi connectivity index (χ3n) is 3.68. The summed E-state index contributed by atoms with van der Waals surface area (Å²) in [7, 11) is -3.42. The molecule has 21 heavy (non-hydrogen) atoms. The van der Waals surface area contributed by atoms with Crippen molar-refractivity contribution >= 4 is 27.3 Å². The van der Waals surface area contributed by atoms with Crippen molar-refractivity contribution in [1.29, 1.82) is 0 Å². The third kappa shape index (κ3) is 2.78. The molecule has 0 saturated heterocycles. The van der Waals surface area contributed by atoms with Crippen LogP contribution in [0.15, 0.2) is 48.5 Å². The van der Waals surface area contributed by atoms with Crippen LogP contribution in [-0.2, 0) is 22.2 Å². The predicted molar refractivity (Wildman–Crippen MR) is 86.2 cm³/mol. The van der Waals surface area contributed by atoms with Crippen molar-refractivity contribution in [3.8, 4) is 0 Å². The number of para-hydroxylation sites is 1. The summed E-state index contributed by atoms with van der Waals surface area (Å²) < 4.78 is 27.1. The van der Waals surface area contributed by atoms with Crippen LogP contribution in [0.25, 0.3) is 0 Å². The lowest BCUT2D eigenvalue weighted by atomic mass is 10.1. The normalized spacial score (nSPS) is 17.8. The number of rotatable bonds is 3. The van der Waals surface area contributed by atoms with Gasteiger partial charge in [-0.2, -0.15) is 0 Å². The molecule has 0 bridgehead atoms. The van der Waals surface area contributed by atoms with Gasteiger partial charge in [0.2, 0.25) is 10.0 Å². The molecule has 1 atom stereocenters. The highest BCUT2D eigenvalue weighted by Crippen LogP contribution is 2.35. The van der Waals surface area contributed by atoms with Gasteiger partial charge in [0.05, 0.1) is 11.4 Å². The van der Waals surface area contributed by atoms with Gasteiger partial charge < -0.3 is 0 Å². The first kappa shape index (κ1) is 14.4. The summed E-state index contributed by atoms with van der Waals surface area (Å²) in [6.45, 7) is 1.94. The van der Waals surface area contributed by atoms with Crippen molar-refractivity contribution < 1.29 is 8.42 Å². The van der Waals surface area contributed by atoms with Crippen molar-refractivity contribution in [3.63, 3.8) is 0 Å². The van der Waals surface area contributed by atoms with E-state index in [9.17, 15) is 8.42 Å². The Balaban J connectivity index is 1.95. The molecule has 0 aliphatic carbocycles. The summed E-state index contributed by atoms with van der Waals surface area (Å²) in [5.41, 5.74) is 2.59. The smallest absolute Gasteiger partial charge is 0.239 e. The number of anilines is 1. The maximum Gasteiger partial charge on any atom is 0.239 e. The monoisotopic (exact) mass is 321 g/mol. The molecule has 0 saturated carbocycles. The minimum absolute atomic E-state index is 0.0355. The fourth-order valence-corrected chi connectivity index (χ4v) is 4.92. The van der Waals surface area contributed by atoms with Crippen LogP contribution >= 0.6 is 11.6 Å². The molecule has 0 spiro atoms. The average molecular weight is 322 g/mol. The number of halogens is 1. The average Bonchev–Trinajstić information content (AvgIpc) is 2.74. The zero-order valence-electron chi connectivity index (χ0n) is 11.7. The molecule has 1 heterocycles. The molecule has 1 aliphatic heterocycles. The number of fused-ring (bicyclic) bond motifs is 1. The van der Waals surface area contributed by atoms with Crippen molar-refractivity contribution in [2.75, 3.05) is 4.31 Å². The molecule has 0 unspecified atom stereocenters. The van der Waals surface area contributed by atoms with Gasteiger partial charge in [0.25, 0.3) is 0 Å². The fourth-order valence-electron chi connectivity index (χ4n) is 2.87. The van der Waals surface area contributed by atoms with Crippen molar-refractivity contribution in [3.05, 3.63) is 64.7 Å². The molecule has 3 nitrogen and oxygen atoms in total. The maximum absolute atomic E-state index is 12.8. The van der Waals surface area contributed by atoms with Crippen molar-refractivity contribution in [2.24, 2.45) is 0 Å². The highest BCUT2D eigenvalue weighted by molar-refractivity contribution is 7.92. The minimum Gasteiger partial charge on any atom is -0.267 e. The SMILES string of the molecule is C[C@@H]1Cc2ccccc2N1S(=O)(=O)Cc1cccc(Cl)c1. The number of hydrogen-bond donors (Lipinski definition) is 0. The fraction of sp³-hybridized carbons (Fsp3) is 0.250. The Kier molecular flexibility index (Phi) is 3.68. The molecule has 2 aromatic carbocycles. The lowest BCUT2D eigenvalue weighted by Crippen LogP contribution is -2.36. The van der Waals surface area contributed by atoms with Crippen LogP contribution in [0.3, 0.4) is 0 Å². The van der Waals surface area contributed by atoms with E-state index < -0.39 is 10.0 Å². The van der Waals surface area contributed by atoms with Gasteiger partial charge in [0, 0.05) is 11.1 Å². The highest BCUT2D eigenvalue weighted by atomic mass is 35.5. The highest BCUT2D eigenvalue weighted by Gasteiger charge is 2.34. The van der Waals surface area contributed by atoms with Gasteiger partial charge in [-0.15, -0.1) is 0 Å². The standard InChI is InChI=1S/C16H16ClNO2S/c1-12-9-14-6-2-3-8-16(14)18(12)21(19,20)11-13-5-4-7-15(17)10-13/h2-8,10,12H,9,11H2,1H3/t12-/m1/s1. The second-order valence-electron chi connectivity index (χ2n) is 5.36. The molecule has 3 rings (SSSR count).